The number of hydrogen-bond acceptors (Lipinski definition) is 4. The minimum Gasteiger partial charge on any atom is -0.340 e. The largest absolute Gasteiger partial charge is 0.340 e. The Bertz CT molecular complexity index is 1040. The van der Waals surface area contributed by atoms with Crippen LogP contribution in [-0.4, -0.2) is 16.8 Å². The lowest BCUT2D eigenvalue weighted by Crippen LogP contribution is -2.14. The fourth-order valence-corrected chi connectivity index (χ4v) is 3.19. The van der Waals surface area contributed by atoms with Gasteiger partial charge in [0.2, 0.25) is 5.91 Å². The van der Waals surface area contributed by atoms with Gasteiger partial charge in [0.1, 0.15) is 5.82 Å². The minimum absolute atomic E-state index is 0.120. The quantitative estimate of drug-likeness (QED) is 0.577. The summed E-state index contributed by atoms with van der Waals surface area (Å²) in [5, 5.41) is 8.89. The van der Waals surface area contributed by atoms with Crippen molar-refractivity contribution in [2.75, 3.05) is 16.0 Å². The van der Waals surface area contributed by atoms with E-state index in [-0.39, 0.29) is 11.8 Å². The third kappa shape index (κ3) is 5.19. The first kappa shape index (κ1) is 20.1. The standard InChI is InChI=1S/C23H24N4O2/c1-14-11-15(2)22(16(3)12-14)27-23(29)18-9-10-24-21(13-18)26-20-7-5-19(6-8-20)25-17(4)28/h5-13H,1-4H3,(H,24,26)(H,25,28)(H,27,29). The van der Waals surface area contributed by atoms with Crippen molar-refractivity contribution in [2.24, 2.45) is 0 Å². The van der Waals surface area contributed by atoms with Crippen LogP contribution in [0.5, 0.6) is 0 Å². The molecule has 1 heterocycles. The van der Waals surface area contributed by atoms with Gasteiger partial charge in [-0.25, -0.2) is 4.98 Å². The summed E-state index contributed by atoms with van der Waals surface area (Å²) in [7, 11) is 0. The van der Waals surface area contributed by atoms with E-state index in [2.05, 4.69) is 20.9 Å². The van der Waals surface area contributed by atoms with E-state index in [1.165, 1.54) is 6.92 Å². The van der Waals surface area contributed by atoms with Crippen LogP contribution in [0.15, 0.2) is 54.7 Å². The van der Waals surface area contributed by atoms with Gasteiger partial charge in [0, 0.05) is 35.7 Å². The summed E-state index contributed by atoms with van der Waals surface area (Å²) in [5.74, 6) is 0.249. The molecule has 2 aromatic carbocycles. The highest BCUT2D eigenvalue weighted by Crippen LogP contribution is 2.23. The van der Waals surface area contributed by atoms with Gasteiger partial charge in [-0.15, -0.1) is 0 Å². The van der Waals surface area contributed by atoms with Crippen LogP contribution in [0.2, 0.25) is 0 Å². The van der Waals surface area contributed by atoms with E-state index in [4.69, 9.17) is 0 Å². The molecule has 0 atom stereocenters. The molecule has 6 heteroatoms. The van der Waals surface area contributed by atoms with Crippen LogP contribution < -0.4 is 16.0 Å². The number of aromatic nitrogens is 1. The first-order valence-electron chi connectivity index (χ1n) is 9.32. The van der Waals surface area contributed by atoms with Crippen LogP contribution in [0.1, 0.15) is 34.0 Å². The highest BCUT2D eigenvalue weighted by molar-refractivity contribution is 6.05. The van der Waals surface area contributed by atoms with E-state index < -0.39 is 0 Å². The maximum atomic E-state index is 12.7. The molecule has 1 aromatic heterocycles. The van der Waals surface area contributed by atoms with Gasteiger partial charge in [-0.2, -0.15) is 0 Å². The summed E-state index contributed by atoms with van der Waals surface area (Å²) < 4.78 is 0. The van der Waals surface area contributed by atoms with E-state index >= 15 is 0 Å². The Kier molecular flexibility index (Phi) is 5.93. The molecular formula is C23H24N4O2. The molecule has 0 saturated carbocycles. The third-order valence-corrected chi connectivity index (χ3v) is 4.42. The second-order valence-corrected chi connectivity index (χ2v) is 7.04. The Balaban J connectivity index is 1.74. The van der Waals surface area contributed by atoms with Crippen molar-refractivity contribution in [1.29, 1.82) is 0 Å². The first-order chi connectivity index (χ1) is 13.8. The van der Waals surface area contributed by atoms with E-state index in [1.54, 1.807) is 30.5 Å². The molecule has 3 rings (SSSR count). The lowest BCUT2D eigenvalue weighted by Gasteiger charge is -2.13. The Hall–Kier alpha value is -3.67. The van der Waals surface area contributed by atoms with Gasteiger partial charge in [0.15, 0.2) is 0 Å². The smallest absolute Gasteiger partial charge is 0.255 e. The van der Waals surface area contributed by atoms with Gasteiger partial charge in [0.25, 0.3) is 5.91 Å². The summed E-state index contributed by atoms with van der Waals surface area (Å²) in [6.45, 7) is 7.47. The fraction of sp³-hybridized carbons (Fsp3) is 0.174. The molecule has 29 heavy (non-hydrogen) atoms. The predicted molar refractivity (Wildman–Crippen MR) is 117 cm³/mol. The monoisotopic (exact) mass is 388 g/mol. The van der Waals surface area contributed by atoms with Crippen LogP contribution in [0, 0.1) is 20.8 Å². The van der Waals surface area contributed by atoms with Crippen LogP contribution in [0.25, 0.3) is 0 Å². The summed E-state index contributed by atoms with van der Waals surface area (Å²) in [6, 6.07) is 14.7. The molecule has 0 fully saturated rings. The van der Waals surface area contributed by atoms with Crippen molar-refractivity contribution < 1.29 is 9.59 Å². The van der Waals surface area contributed by atoms with Gasteiger partial charge in [-0.1, -0.05) is 17.7 Å². The van der Waals surface area contributed by atoms with Crippen LogP contribution >= 0.6 is 0 Å². The average molecular weight is 388 g/mol. The molecular weight excluding hydrogens is 364 g/mol. The number of nitrogens with one attached hydrogen (secondary N) is 3. The third-order valence-electron chi connectivity index (χ3n) is 4.42. The second-order valence-electron chi connectivity index (χ2n) is 7.04. The molecule has 0 bridgehead atoms. The predicted octanol–water partition coefficient (Wildman–Crippen LogP) is 4.96. The van der Waals surface area contributed by atoms with Crippen molar-refractivity contribution in [1.82, 2.24) is 4.98 Å². The SMILES string of the molecule is CC(=O)Nc1ccc(Nc2cc(C(=O)Nc3c(C)cc(C)cc3C)ccn2)cc1. The second kappa shape index (κ2) is 8.56. The Morgan fingerprint density at radius 1 is 0.828 bits per heavy atom. The molecule has 0 saturated heterocycles. The zero-order valence-electron chi connectivity index (χ0n) is 17.0. The number of carbonyl (C=O) groups is 2. The molecule has 3 N–H and O–H groups in total. The normalized spacial score (nSPS) is 10.3. The number of anilines is 4. The van der Waals surface area contributed by atoms with Crippen molar-refractivity contribution in [3.05, 3.63) is 77.0 Å². The molecule has 2 amide bonds. The Labute approximate surface area is 170 Å². The number of carbonyl (C=O) groups excluding carboxylic acids is 2. The van der Waals surface area contributed by atoms with E-state index in [0.29, 0.717) is 17.1 Å². The summed E-state index contributed by atoms with van der Waals surface area (Å²) in [5.41, 5.74) is 6.09. The molecule has 0 radical (unpaired) electrons. The van der Waals surface area contributed by atoms with Gasteiger partial charge in [-0.3, -0.25) is 9.59 Å². The number of aryl methyl sites for hydroxylation is 3. The summed E-state index contributed by atoms with van der Waals surface area (Å²) in [6.07, 6.45) is 1.60. The summed E-state index contributed by atoms with van der Waals surface area (Å²) in [4.78, 5) is 28.1. The van der Waals surface area contributed by atoms with Crippen molar-refractivity contribution in [2.45, 2.75) is 27.7 Å². The Morgan fingerprint density at radius 3 is 2.07 bits per heavy atom. The lowest BCUT2D eigenvalue weighted by molar-refractivity contribution is -0.114. The van der Waals surface area contributed by atoms with Crippen LogP contribution in [0.3, 0.4) is 0 Å². The number of benzene rings is 2. The van der Waals surface area contributed by atoms with Gasteiger partial charge >= 0.3 is 0 Å². The van der Waals surface area contributed by atoms with Crippen molar-refractivity contribution >= 4 is 34.7 Å². The summed E-state index contributed by atoms with van der Waals surface area (Å²) >= 11 is 0. The van der Waals surface area contributed by atoms with Crippen LogP contribution in [-0.2, 0) is 4.79 Å². The van der Waals surface area contributed by atoms with Gasteiger partial charge < -0.3 is 16.0 Å². The molecule has 0 spiro atoms. The molecule has 3 aromatic rings. The average Bonchev–Trinajstić information content (AvgIpc) is 2.66. The zero-order valence-corrected chi connectivity index (χ0v) is 17.0. The van der Waals surface area contributed by atoms with Crippen molar-refractivity contribution in [3.8, 4) is 0 Å². The minimum atomic E-state index is -0.188. The van der Waals surface area contributed by atoms with Crippen molar-refractivity contribution in [3.63, 3.8) is 0 Å². The molecule has 0 aliphatic rings. The van der Waals surface area contributed by atoms with E-state index in [0.717, 1.165) is 28.1 Å². The molecule has 0 aliphatic carbocycles. The van der Waals surface area contributed by atoms with Gasteiger partial charge in [0.05, 0.1) is 0 Å². The number of nitrogens with zero attached hydrogens (tertiary/aromatic N) is 1. The van der Waals surface area contributed by atoms with E-state index in [1.807, 2.05) is 45.0 Å². The molecule has 148 valence electrons. The van der Waals surface area contributed by atoms with E-state index in [9.17, 15) is 9.59 Å². The first-order valence-corrected chi connectivity index (χ1v) is 9.32. The maximum absolute atomic E-state index is 12.7. The topological polar surface area (TPSA) is 83.1 Å². The molecule has 6 nitrogen and oxygen atoms in total. The highest BCUT2D eigenvalue weighted by Gasteiger charge is 2.11. The Morgan fingerprint density at radius 2 is 1.45 bits per heavy atom. The lowest BCUT2D eigenvalue weighted by atomic mass is 10.0. The number of hydrogen-bond donors (Lipinski definition) is 3. The number of rotatable bonds is 5. The zero-order chi connectivity index (χ0) is 21.0. The highest BCUT2D eigenvalue weighted by atomic mass is 16.2. The maximum Gasteiger partial charge on any atom is 0.255 e. The molecule has 0 aliphatic heterocycles. The fourth-order valence-electron chi connectivity index (χ4n) is 3.19. The van der Waals surface area contributed by atoms with Crippen LogP contribution in [0.4, 0.5) is 22.9 Å². The molecule has 0 unspecified atom stereocenters. The number of pyridine rings is 1. The van der Waals surface area contributed by atoms with Gasteiger partial charge in [-0.05, 0) is 68.3 Å². The number of amides is 2.